The highest BCUT2D eigenvalue weighted by molar-refractivity contribution is 6.31. The van der Waals surface area contributed by atoms with Crippen LogP contribution in [-0.4, -0.2) is 212 Å². The Balaban J connectivity index is 0.000000135. The van der Waals surface area contributed by atoms with E-state index in [0.29, 0.717) is 90.8 Å². The van der Waals surface area contributed by atoms with Crippen molar-refractivity contribution in [2.45, 2.75) is 236 Å². The predicted molar refractivity (Wildman–Crippen MR) is 610 cm³/mol. The molecule has 0 saturated carbocycles. The first-order valence-electron chi connectivity index (χ1n) is 52.7. The number of aromatic nitrogens is 4. The number of aliphatic hydroxyl groups excluding tert-OH is 4. The summed E-state index contributed by atoms with van der Waals surface area (Å²) in [5.74, 6) is 0.489. The second kappa shape index (κ2) is 49.5. The number of benzene rings is 12. The molecule has 4 saturated heterocycles. The number of carboxylic acids is 1. The van der Waals surface area contributed by atoms with Crippen molar-refractivity contribution in [1.29, 1.82) is 0 Å². The van der Waals surface area contributed by atoms with E-state index in [9.17, 15) is 30.3 Å². The molecule has 4 aliphatic rings. The number of pyridine rings is 4. The van der Waals surface area contributed by atoms with Crippen LogP contribution in [-0.2, 0) is 56.7 Å². The molecule has 0 amide bonds. The van der Waals surface area contributed by atoms with Crippen molar-refractivity contribution in [2.75, 3.05) is 65.6 Å². The molecule has 10 N–H and O–H groups in total. The molecular weight excluding hydrogens is 1940 g/mol. The molecule has 4 aromatic heterocycles. The quantitative estimate of drug-likeness (QED) is 0.0162. The highest BCUT2D eigenvalue weighted by atomic mass is 35.5. The lowest BCUT2D eigenvalue weighted by Gasteiger charge is -2.33. The lowest BCUT2D eigenvalue weighted by atomic mass is 9.93. The summed E-state index contributed by atoms with van der Waals surface area (Å²) < 4.78 is 11.0. The molecule has 12 aromatic carbocycles. The number of aliphatic carboxylic acids is 1. The van der Waals surface area contributed by atoms with E-state index in [-0.39, 0.29) is 52.1 Å². The number of phenolic OH excluding ortho intramolecular Hbond substituents is 1. The number of aliphatic hydroxyl groups is 4. The van der Waals surface area contributed by atoms with Crippen molar-refractivity contribution >= 4 is 139 Å². The van der Waals surface area contributed by atoms with Crippen LogP contribution in [0.2, 0.25) is 20.6 Å². The van der Waals surface area contributed by atoms with E-state index in [2.05, 4.69) is 304 Å². The average Bonchev–Trinajstić information content (AvgIpc) is 1.80. The molecular formula is C124H142Cl4N12O9. The first-order valence-corrected chi connectivity index (χ1v) is 54.2. The third kappa shape index (κ3) is 29.4. The fraction of sp³-hybridized carbons (Fsp3) is 0.379. The van der Waals surface area contributed by atoms with Crippen molar-refractivity contribution in [3.8, 4) is 17.2 Å². The van der Waals surface area contributed by atoms with Crippen LogP contribution in [0, 0.1) is 0 Å². The van der Waals surface area contributed by atoms with Crippen LogP contribution in [0.1, 0.15) is 158 Å². The van der Waals surface area contributed by atoms with E-state index in [1.165, 1.54) is 65.3 Å². The van der Waals surface area contributed by atoms with Gasteiger partial charge in [0.25, 0.3) is 0 Å². The molecule has 8 heterocycles. The fourth-order valence-electron chi connectivity index (χ4n) is 22.2. The van der Waals surface area contributed by atoms with Gasteiger partial charge in [0, 0.05) is 142 Å². The Morgan fingerprint density at radius 1 is 0.329 bits per heavy atom. The number of carboxylic acid groups (broad SMARTS) is 1. The number of β-amino-alcohol motifs (C(OH)–C–C–N with tert-alkyl or cyclic N) is 4. The Labute approximate surface area is 895 Å². The second-order valence-corrected chi connectivity index (χ2v) is 45.1. The maximum Gasteiger partial charge on any atom is 0.341 e. The number of hydrogen-bond donors (Lipinski definition) is 10. The Morgan fingerprint density at radius 3 is 0.893 bits per heavy atom. The molecule has 21 nitrogen and oxygen atoms in total. The summed E-state index contributed by atoms with van der Waals surface area (Å²) in [6.45, 7) is 28.2. The van der Waals surface area contributed by atoms with Gasteiger partial charge in [0.2, 0.25) is 0 Å². The topological polar surface area (TPSA) is 270 Å². The molecule has 0 aliphatic carbocycles. The number of rotatable bonds is 37. The number of carbonyl (C=O) groups is 1. The van der Waals surface area contributed by atoms with Crippen LogP contribution < -0.4 is 30.7 Å². The van der Waals surface area contributed by atoms with Gasteiger partial charge in [0.15, 0.2) is 6.61 Å². The standard InChI is InChI=1S/C32H36ClN3O4.C32H38ClN3O2.C30H34ClN3O2.C30H34ClN3O/c1-32(2,17-21-9-10-22-6-3-4-7-23(22)14-21)34-18-29(37)28-8-5-13-36(28)19-25-15-24-16-26(40-20-30(38)39)11-12-27(24)35-31(25)33;1-4-38-27-13-14-28-25(18-27)17-26(31(33)35-28)21-36-15-7-10-29(36)30(37)20-34-32(2,3)19-22-11-12-23-8-5-6-9-24(23)16-22;1-30(2,17-20-9-10-21-6-3-4-7-22(21)14-20)32-18-28(36)27-8-5-13-34(27)19-24-15-23-16-25(35)11-12-26(23)33-29(24)31;1-30(2,18-21-13-14-22-8-3-4-9-23(22)16-21)32-19-28(35)27-12-7-15-34(27)20-25-17-24-10-5-6-11-26(24)33-29(25)31/h3-4,6-7,9-12,14-16,28-29,34,37H,5,8,13,17-20H2,1-2H3,(H,38,39);5-6,8-9,11-14,16-18,29-30,34,37H,4,7,10,15,19-21H2,1-3H3;3-4,6-7,9-12,14-16,27-28,32,35-36H,5,8,13,17-19H2,1-2H3;3-6,8-11,13-14,16-17,27-28,32,35H,7,12,15,18-20H2,1-2H3/t28-,29-;29-,30-;2*27-,28-/m1111/s1. The summed E-state index contributed by atoms with van der Waals surface area (Å²) in [7, 11) is 0. The molecule has 16 aromatic rings. The maximum atomic E-state index is 11.2. The number of likely N-dealkylation sites (tertiary alicyclic amines) is 4. The number of phenols is 1. The number of nitrogens with zero attached hydrogens (tertiary/aromatic N) is 8. The van der Waals surface area contributed by atoms with E-state index < -0.39 is 37.0 Å². The van der Waals surface area contributed by atoms with Crippen molar-refractivity contribution in [3.63, 3.8) is 0 Å². The normalized spacial score (nSPS) is 17.5. The highest BCUT2D eigenvalue weighted by Crippen LogP contribution is 2.37. The lowest BCUT2D eigenvalue weighted by Crippen LogP contribution is -2.50. The summed E-state index contributed by atoms with van der Waals surface area (Å²) in [5.41, 5.74) is 11.6. The van der Waals surface area contributed by atoms with Gasteiger partial charge in [0.1, 0.15) is 37.9 Å². The Hall–Kier alpha value is -11.1. The Morgan fingerprint density at radius 2 is 0.591 bits per heavy atom. The minimum absolute atomic E-state index is 0.0148. The third-order valence-corrected chi connectivity index (χ3v) is 31.1. The maximum absolute atomic E-state index is 11.2. The van der Waals surface area contributed by atoms with Gasteiger partial charge in [-0.3, -0.25) is 19.6 Å². The first kappa shape index (κ1) is 109. The number of fused-ring (bicyclic) bond motifs is 8. The number of para-hydroxylation sites is 1. The minimum atomic E-state index is -1.03. The van der Waals surface area contributed by atoms with Crippen molar-refractivity contribution in [2.24, 2.45) is 0 Å². The molecule has 4 fully saturated rings. The molecule has 0 unspecified atom stereocenters. The summed E-state index contributed by atoms with van der Waals surface area (Å²) in [4.78, 5) is 38.4. The average molecular weight is 2090 g/mol. The predicted octanol–water partition coefficient (Wildman–Crippen LogP) is 23.5. The molecule has 780 valence electrons. The van der Waals surface area contributed by atoms with Gasteiger partial charge in [-0.1, -0.05) is 234 Å². The molecule has 0 spiro atoms. The summed E-state index contributed by atoms with van der Waals surface area (Å²) in [5, 5.41) is 93.9. The van der Waals surface area contributed by atoms with Crippen LogP contribution in [0.4, 0.5) is 0 Å². The number of halogens is 4. The summed E-state index contributed by atoms with van der Waals surface area (Å²) in [6, 6.07) is 93.1. The first-order chi connectivity index (χ1) is 71.6. The molecule has 0 bridgehead atoms. The van der Waals surface area contributed by atoms with Crippen molar-refractivity contribution in [1.82, 2.24) is 60.8 Å². The Kier molecular flexibility index (Phi) is 36.3. The number of nitrogens with one attached hydrogen (secondary N) is 4. The van der Waals surface area contributed by atoms with Gasteiger partial charge >= 0.3 is 5.97 Å². The highest BCUT2D eigenvalue weighted by Gasteiger charge is 2.38. The van der Waals surface area contributed by atoms with E-state index >= 15 is 0 Å². The van der Waals surface area contributed by atoms with Crippen LogP contribution in [0.15, 0.2) is 273 Å². The molecule has 4 aliphatic heterocycles. The van der Waals surface area contributed by atoms with Crippen LogP contribution >= 0.6 is 46.4 Å². The minimum Gasteiger partial charge on any atom is -0.508 e. The molecule has 8 atom stereocenters. The monoisotopic (exact) mass is 2080 g/mol. The molecule has 20 rings (SSSR count). The molecule has 25 heteroatoms. The van der Waals surface area contributed by atoms with Gasteiger partial charge in [-0.25, -0.2) is 24.7 Å². The van der Waals surface area contributed by atoms with Gasteiger partial charge in [-0.05, 0) is 316 Å². The zero-order chi connectivity index (χ0) is 105. The van der Waals surface area contributed by atoms with Gasteiger partial charge in [-0.2, -0.15) is 0 Å². The van der Waals surface area contributed by atoms with Gasteiger partial charge in [0.05, 0.1) is 53.1 Å². The zero-order valence-electron chi connectivity index (χ0n) is 87.0. The zero-order valence-corrected chi connectivity index (χ0v) is 90.0. The second-order valence-electron chi connectivity index (χ2n) is 43.6. The van der Waals surface area contributed by atoms with Gasteiger partial charge in [-0.15, -0.1) is 0 Å². The summed E-state index contributed by atoms with van der Waals surface area (Å²) >= 11 is 26.2. The largest absolute Gasteiger partial charge is 0.508 e. The fourth-order valence-corrected chi connectivity index (χ4v) is 23.0. The van der Waals surface area contributed by atoms with E-state index in [1.807, 2.05) is 55.5 Å². The Bertz CT molecular complexity index is 7320. The van der Waals surface area contributed by atoms with Crippen molar-refractivity contribution in [3.05, 3.63) is 338 Å². The summed E-state index contributed by atoms with van der Waals surface area (Å²) in [6.07, 6.45) is 9.64. The third-order valence-electron chi connectivity index (χ3n) is 29.8. The molecule has 0 radical (unpaired) electrons. The smallest absolute Gasteiger partial charge is 0.341 e. The van der Waals surface area contributed by atoms with E-state index in [1.54, 1.807) is 36.4 Å². The number of ether oxygens (including phenoxy) is 2. The lowest BCUT2D eigenvalue weighted by molar-refractivity contribution is -0.139. The van der Waals surface area contributed by atoms with Crippen molar-refractivity contribution < 1.29 is 44.9 Å². The van der Waals surface area contributed by atoms with E-state index in [4.69, 9.17) is 61.0 Å². The van der Waals surface area contributed by atoms with Gasteiger partial charge < -0.3 is 61.4 Å². The van der Waals surface area contributed by atoms with Crippen LogP contribution in [0.25, 0.3) is 86.7 Å². The number of aromatic hydroxyl groups is 1. The number of hydrogen-bond acceptors (Lipinski definition) is 20. The van der Waals surface area contributed by atoms with Crippen LogP contribution in [0.3, 0.4) is 0 Å². The molecule has 149 heavy (non-hydrogen) atoms. The van der Waals surface area contributed by atoms with E-state index in [0.717, 1.165) is 169 Å². The SMILES string of the molecule is CC(C)(Cc1ccc2ccccc2c1)NC[C@@H](O)[C@H]1CCCN1Cc1cc2cc(O)ccc2nc1Cl.CC(C)(Cc1ccc2ccccc2c1)NC[C@@H](O)[C@H]1CCCN1Cc1cc2cc(OCC(=O)O)ccc2nc1Cl.CC(C)(Cc1ccc2ccccc2c1)NC[C@@H](O)[C@H]1CCCN1Cc1cc2ccccc2nc1Cl.CCOc1ccc2nc(Cl)c(CN3CCC[C@@H]3[C@H](O)CNC(C)(C)Cc3ccc4ccccc4c3)cc2c1. The van der Waals surface area contributed by atoms with Crippen LogP contribution in [0.5, 0.6) is 17.2 Å².